The van der Waals surface area contributed by atoms with Crippen molar-refractivity contribution in [3.8, 4) is 0 Å². The highest BCUT2D eigenvalue weighted by Gasteiger charge is 2.10. The molecule has 0 aliphatic heterocycles. The molecule has 3 nitrogen and oxygen atoms in total. The standard InChI is InChI=1S/C18H19NO2/c1-4-8-16(18(20)21-3)17-14(2)11-12-19(17)13-15-9-6-5-7-10-15/h4-12H,2,13H2,1,3H3/b8-4-,17-16-. The zero-order valence-corrected chi connectivity index (χ0v) is 12.4. The Labute approximate surface area is 124 Å². The Kier molecular flexibility index (Phi) is 4.77. The number of aromatic nitrogens is 1. The van der Waals surface area contributed by atoms with Crippen LogP contribution in [0.2, 0.25) is 0 Å². The van der Waals surface area contributed by atoms with E-state index < -0.39 is 0 Å². The molecule has 21 heavy (non-hydrogen) atoms. The minimum absolute atomic E-state index is 0.356. The third-order valence-corrected chi connectivity index (χ3v) is 3.24. The lowest BCUT2D eigenvalue weighted by Crippen LogP contribution is -2.33. The lowest BCUT2D eigenvalue weighted by Gasteiger charge is -2.07. The molecule has 0 bridgehead atoms. The number of methoxy groups -OCH3 is 1. The number of hydrogen-bond acceptors (Lipinski definition) is 2. The number of hydrogen-bond donors (Lipinski definition) is 0. The molecule has 108 valence electrons. The molecule has 0 saturated carbocycles. The number of carbonyl (C=O) groups is 1. The lowest BCUT2D eigenvalue weighted by atomic mass is 10.2. The molecule has 1 aromatic carbocycles. The van der Waals surface area contributed by atoms with E-state index >= 15 is 0 Å². The van der Waals surface area contributed by atoms with E-state index in [-0.39, 0.29) is 5.97 Å². The third-order valence-electron chi connectivity index (χ3n) is 3.24. The van der Waals surface area contributed by atoms with Crippen molar-refractivity contribution in [1.29, 1.82) is 0 Å². The van der Waals surface area contributed by atoms with E-state index in [1.54, 1.807) is 6.08 Å². The van der Waals surface area contributed by atoms with Crippen LogP contribution in [0, 0.1) is 0 Å². The second-order valence-corrected chi connectivity index (χ2v) is 4.71. The van der Waals surface area contributed by atoms with E-state index in [1.165, 1.54) is 12.7 Å². The van der Waals surface area contributed by atoms with Crippen LogP contribution < -0.4 is 10.6 Å². The minimum atomic E-state index is -0.356. The van der Waals surface area contributed by atoms with Crippen LogP contribution in [0.15, 0.2) is 54.7 Å². The fourth-order valence-electron chi connectivity index (χ4n) is 2.28. The summed E-state index contributed by atoms with van der Waals surface area (Å²) in [5, 5.41) is 1.60. The molecule has 0 amide bonds. The molecule has 2 rings (SSSR count). The molecule has 2 aromatic rings. The number of rotatable bonds is 4. The van der Waals surface area contributed by atoms with E-state index in [1.807, 2.05) is 48.0 Å². The molecule has 1 heterocycles. The first-order chi connectivity index (χ1) is 10.2. The van der Waals surface area contributed by atoms with Crippen molar-refractivity contribution in [1.82, 2.24) is 4.57 Å². The van der Waals surface area contributed by atoms with Gasteiger partial charge in [0.15, 0.2) is 0 Å². The maximum atomic E-state index is 12.0. The molecular weight excluding hydrogens is 262 g/mol. The Bertz CT molecular complexity index is 754. The van der Waals surface area contributed by atoms with Gasteiger partial charge < -0.3 is 9.30 Å². The Morgan fingerprint density at radius 2 is 2.00 bits per heavy atom. The molecule has 0 atom stereocenters. The normalized spacial score (nSPS) is 12.5. The molecule has 0 unspecified atom stereocenters. The summed E-state index contributed by atoms with van der Waals surface area (Å²) in [5.74, 6) is -0.356. The van der Waals surface area contributed by atoms with Gasteiger partial charge in [0.1, 0.15) is 0 Å². The highest BCUT2D eigenvalue weighted by molar-refractivity contribution is 6.13. The van der Waals surface area contributed by atoms with E-state index in [0.717, 1.165) is 10.6 Å². The van der Waals surface area contributed by atoms with Gasteiger partial charge in [0.05, 0.1) is 18.0 Å². The van der Waals surface area contributed by atoms with Crippen molar-refractivity contribution in [2.45, 2.75) is 13.5 Å². The van der Waals surface area contributed by atoms with Crippen LogP contribution >= 0.6 is 0 Å². The molecule has 3 heteroatoms. The van der Waals surface area contributed by atoms with Gasteiger partial charge in [-0.05, 0) is 29.8 Å². The summed E-state index contributed by atoms with van der Waals surface area (Å²) in [4.78, 5) is 12.0. The first-order valence-electron chi connectivity index (χ1n) is 6.80. The summed E-state index contributed by atoms with van der Waals surface area (Å²) in [6, 6.07) is 12.0. The van der Waals surface area contributed by atoms with Gasteiger partial charge in [-0.3, -0.25) is 0 Å². The maximum Gasteiger partial charge on any atom is 0.339 e. The van der Waals surface area contributed by atoms with Crippen LogP contribution in [-0.4, -0.2) is 17.6 Å². The molecule has 1 aromatic heterocycles. The van der Waals surface area contributed by atoms with Gasteiger partial charge >= 0.3 is 5.97 Å². The number of ether oxygens (including phenoxy) is 1. The van der Waals surface area contributed by atoms with E-state index in [4.69, 9.17) is 4.74 Å². The number of esters is 1. The average molecular weight is 281 g/mol. The molecule has 0 aliphatic rings. The van der Waals surface area contributed by atoms with Crippen molar-refractivity contribution in [2.24, 2.45) is 0 Å². The number of benzene rings is 1. The van der Waals surface area contributed by atoms with E-state index in [0.29, 0.717) is 12.1 Å². The van der Waals surface area contributed by atoms with Crippen LogP contribution in [0.5, 0.6) is 0 Å². The van der Waals surface area contributed by atoms with Crippen molar-refractivity contribution in [2.75, 3.05) is 7.11 Å². The topological polar surface area (TPSA) is 31.2 Å². The van der Waals surface area contributed by atoms with Crippen molar-refractivity contribution >= 4 is 18.1 Å². The van der Waals surface area contributed by atoms with Gasteiger partial charge in [0, 0.05) is 12.7 Å². The zero-order chi connectivity index (χ0) is 15.2. The summed E-state index contributed by atoms with van der Waals surface area (Å²) in [7, 11) is 1.39. The number of allylic oxidation sites excluding steroid dienone is 1. The summed E-state index contributed by atoms with van der Waals surface area (Å²) < 4.78 is 6.90. The summed E-state index contributed by atoms with van der Waals surface area (Å²) in [5.41, 5.74) is 1.69. The van der Waals surface area contributed by atoms with Crippen LogP contribution in [0.3, 0.4) is 0 Å². The van der Waals surface area contributed by atoms with E-state index in [9.17, 15) is 4.79 Å². The number of carbonyl (C=O) groups excluding carboxylic acids is 1. The second-order valence-electron chi connectivity index (χ2n) is 4.71. The SMILES string of the molecule is C=c1ccn(Cc2ccccc2)/c1=C(/C=C\C)C(=O)OC. The van der Waals surface area contributed by atoms with Crippen molar-refractivity contribution in [3.63, 3.8) is 0 Å². The molecule has 0 saturated heterocycles. The van der Waals surface area contributed by atoms with Crippen molar-refractivity contribution in [3.05, 3.63) is 70.9 Å². The first kappa shape index (κ1) is 14.9. The van der Waals surface area contributed by atoms with Gasteiger partial charge in [-0.1, -0.05) is 43.0 Å². The van der Waals surface area contributed by atoms with Crippen LogP contribution in [0.4, 0.5) is 0 Å². The van der Waals surface area contributed by atoms with Gasteiger partial charge in [-0.25, -0.2) is 4.79 Å². The van der Waals surface area contributed by atoms with Gasteiger partial charge in [0.25, 0.3) is 0 Å². The fraction of sp³-hybridized carbons (Fsp3) is 0.167. The van der Waals surface area contributed by atoms with E-state index in [2.05, 4.69) is 18.7 Å². The molecular formula is C18H19NO2. The summed E-state index contributed by atoms with van der Waals surface area (Å²) in [6.45, 7) is 6.57. The Morgan fingerprint density at radius 1 is 1.29 bits per heavy atom. The van der Waals surface area contributed by atoms with Crippen molar-refractivity contribution < 1.29 is 9.53 Å². The fourth-order valence-corrected chi connectivity index (χ4v) is 2.28. The smallest absolute Gasteiger partial charge is 0.339 e. The van der Waals surface area contributed by atoms with Gasteiger partial charge in [-0.15, -0.1) is 0 Å². The highest BCUT2D eigenvalue weighted by Crippen LogP contribution is 2.02. The van der Waals surface area contributed by atoms with Gasteiger partial charge in [0.2, 0.25) is 0 Å². The zero-order valence-electron chi connectivity index (χ0n) is 12.4. The highest BCUT2D eigenvalue weighted by atomic mass is 16.5. The predicted molar refractivity (Wildman–Crippen MR) is 85.0 cm³/mol. The Balaban J connectivity index is 2.60. The average Bonchev–Trinajstić information content (AvgIpc) is 2.86. The quantitative estimate of drug-likeness (QED) is 0.801. The maximum absolute atomic E-state index is 12.0. The molecule has 0 spiro atoms. The Morgan fingerprint density at radius 3 is 2.62 bits per heavy atom. The van der Waals surface area contributed by atoms with Crippen LogP contribution in [-0.2, 0) is 16.1 Å². The predicted octanol–water partition coefficient (Wildman–Crippen LogP) is 1.85. The molecule has 0 fully saturated rings. The second kappa shape index (κ2) is 6.75. The number of nitrogens with zero attached hydrogens (tertiary/aromatic N) is 1. The molecule has 0 N–H and O–H groups in total. The Hall–Kier alpha value is -2.55. The van der Waals surface area contributed by atoms with Gasteiger partial charge in [-0.2, -0.15) is 0 Å². The summed E-state index contributed by atoms with van der Waals surface area (Å²) in [6.07, 6.45) is 5.53. The molecule has 0 aliphatic carbocycles. The lowest BCUT2D eigenvalue weighted by molar-refractivity contribution is -0.133. The third kappa shape index (κ3) is 3.31. The van der Waals surface area contributed by atoms with Crippen LogP contribution in [0.1, 0.15) is 12.5 Å². The largest absolute Gasteiger partial charge is 0.465 e. The summed E-state index contributed by atoms with van der Waals surface area (Å²) >= 11 is 0. The minimum Gasteiger partial charge on any atom is -0.465 e. The monoisotopic (exact) mass is 281 g/mol. The van der Waals surface area contributed by atoms with Crippen LogP contribution in [0.25, 0.3) is 12.2 Å². The first-order valence-corrected chi connectivity index (χ1v) is 6.80. The molecule has 0 radical (unpaired) electrons.